The first kappa shape index (κ1) is 13.9. The van der Waals surface area contributed by atoms with E-state index >= 15 is 0 Å². The van der Waals surface area contributed by atoms with Crippen LogP contribution in [-0.2, 0) is 6.54 Å². The summed E-state index contributed by atoms with van der Waals surface area (Å²) in [6.07, 6.45) is 1.83. The zero-order valence-corrected chi connectivity index (χ0v) is 12.3. The number of rotatable bonds is 2. The summed E-state index contributed by atoms with van der Waals surface area (Å²) in [4.78, 5) is 16.8. The molecule has 0 spiro atoms. The van der Waals surface area contributed by atoms with Gasteiger partial charge >= 0.3 is 0 Å². The smallest absolute Gasteiger partial charge is 0.270 e. The number of nitrogens with two attached hydrogens (primary N) is 1. The van der Waals surface area contributed by atoms with Gasteiger partial charge in [-0.2, -0.15) is 0 Å². The number of likely N-dealkylation sites (N-methyl/N-ethyl adjacent to an activating group) is 1. The molecule has 1 amide bonds. The van der Waals surface area contributed by atoms with Crippen LogP contribution >= 0.6 is 0 Å². The molecule has 1 aliphatic heterocycles. The van der Waals surface area contributed by atoms with Crippen LogP contribution in [-0.4, -0.2) is 52.5 Å². The van der Waals surface area contributed by atoms with E-state index in [4.69, 9.17) is 5.73 Å². The second-order valence-electron chi connectivity index (χ2n) is 5.91. The van der Waals surface area contributed by atoms with Gasteiger partial charge in [-0.05, 0) is 33.9 Å². The summed E-state index contributed by atoms with van der Waals surface area (Å²) in [5, 5.41) is 0. The van der Waals surface area contributed by atoms with Crippen molar-refractivity contribution in [2.75, 3.05) is 32.4 Å². The minimum atomic E-state index is 0.0170. The Kier molecular flexibility index (Phi) is 3.58. The SMILES string of the molecule is CCn1cc(N)cc1C(=O)N1CCN(C)C(C)(C)C1. The van der Waals surface area contributed by atoms with Crippen molar-refractivity contribution >= 4 is 11.6 Å². The van der Waals surface area contributed by atoms with Gasteiger partial charge in [0.1, 0.15) is 5.69 Å². The molecule has 2 rings (SSSR count). The molecular weight excluding hydrogens is 240 g/mol. The van der Waals surface area contributed by atoms with Gasteiger partial charge < -0.3 is 15.2 Å². The van der Waals surface area contributed by atoms with Crippen molar-refractivity contribution in [3.8, 4) is 0 Å². The molecule has 1 aromatic rings. The maximum atomic E-state index is 12.6. The largest absolute Gasteiger partial charge is 0.397 e. The molecule has 5 heteroatoms. The third kappa shape index (κ3) is 2.61. The number of piperazine rings is 1. The highest BCUT2D eigenvalue weighted by Crippen LogP contribution is 2.21. The molecule has 0 saturated carbocycles. The van der Waals surface area contributed by atoms with E-state index in [0.29, 0.717) is 11.4 Å². The Morgan fingerprint density at radius 2 is 2.11 bits per heavy atom. The van der Waals surface area contributed by atoms with E-state index in [2.05, 4.69) is 25.8 Å². The van der Waals surface area contributed by atoms with E-state index in [9.17, 15) is 4.79 Å². The summed E-state index contributed by atoms with van der Waals surface area (Å²) in [6, 6.07) is 1.77. The molecule has 0 bridgehead atoms. The molecule has 1 aliphatic rings. The molecule has 0 radical (unpaired) electrons. The van der Waals surface area contributed by atoms with Crippen molar-refractivity contribution in [3.63, 3.8) is 0 Å². The molecule has 0 aliphatic carbocycles. The summed E-state index contributed by atoms with van der Waals surface area (Å²) >= 11 is 0. The van der Waals surface area contributed by atoms with Crippen LogP contribution in [0.2, 0.25) is 0 Å². The van der Waals surface area contributed by atoms with E-state index in [1.807, 2.05) is 22.6 Å². The Morgan fingerprint density at radius 3 is 2.68 bits per heavy atom. The van der Waals surface area contributed by atoms with Crippen LogP contribution in [0.25, 0.3) is 0 Å². The van der Waals surface area contributed by atoms with Crippen molar-refractivity contribution in [1.82, 2.24) is 14.4 Å². The van der Waals surface area contributed by atoms with Gasteiger partial charge in [-0.15, -0.1) is 0 Å². The quantitative estimate of drug-likeness (QED) is 0.875. The number of carbonyl (C=O) groups excluding carboxylic acids is 1. The summed E-state index contributed by atoms with van der Waals surface area (Å²) in [5.41, 5.74) is 7.16. The molecular formula is C14H24N4O. The molecule has 1 saturated heterocycles. The number of nitrogen functional groups attached to an aromatic ring is 1. The van der Waals surface area contributed by atoms with Crippen LogP contribution in [0, 0.1) is 0 Å². The summed E-state index contributed by atoms with van der Waals surface area (Å²) in [6.45, 7) is 9.53. The van der Waals surface area contributed by atoms with Crippen molar-refractivity contribution in [1.29, 1.82) is 0 Å². The molecule has 0 unspecified atom stereocenters. The van der Waals surface area contributed by atoms with Gasteiger partial charge in [0.15, 0.2) is 0 Å². The van der Waals surface area contributed by atoms with Crippen LogP contribution in [0.5, 0.6) is 0 Å². The van der Waals surface area contributed by atoms with E-state index in [-0.39, 0.29) is 11.4 Å². The van der Waals surface area contributed by atoms with Gasteiger partial charge in [-0.25, -0.2) is 0 Å². The predicted molar refractivity (Wildman–Crippen MR) is 77.1 cm³/mol. The molecule has 0 aromatic carbocycles. The first-order valence-corrected chi connectivity index (χ1v) is 6.81. The first-order valence-electron chi connectivity index (χ1n) is 6.81. The van der Waals surface area contributed by atoms with E-state index in [0.717, 1.165) is 26.2 Å². The third-order valence-corrected chi connectivity index (χ3v) is 4.08. The van der Waals surface area contributed by atoms with Crippen LogP contribution in [0.4, 0.5) is 5.69 Å². The van der Waals surface area contributed by atoms with E-state index in [1.165, 1.54) is 0 Å². The number of hydrogen-bond acceptors (Lipinski definition) is 3. The average Bonchev–Trinajstić information content (AvgIpc) is 2.73. The maximum Gasteiger partial charge on any atom is 0.270 e. The minimum Gasteiger partial charge on any atom is -0.397 e. The lowest BCUT2D eigenvalue weighted by molar-refractivity contribution is 0.0304. The van der Waals surface area contributed by atoms with E-state index in [1.54, 1.807) is 6.07 Å². The van der Waals surface area contributed by atoms with Gasteiger partial charge in [-0.3, -0.25) is 9.69 Å². The standard InChI is InChI=1S/C14H24N4O/c1-5-17-9-11(15)8-12(17)13(19)18-7-6-16(4)14(2,3)10-18/h8-9H,5-7,10,15H2,1-4H3. The highest BCUT2D eigenvalue weighted by Gasteiger charge is 2.34. The molecule has 1 fully saturated rings. The lowest BCUT2D eigenvalue weighted by atomic mass is 9.99. The van der Waals surface area contributed by atoms with Gasteiger partial charge in [0.25, 0.3) is 5.91 Å². The molecule has 2 N–H and O–H groups in total. The zero-order valence-electron chi connectivity index (χ0n) is 12.3. The van der Waals surface area contributed by atoms with Gasteiger partial charge in [0, 0.05) is 37.9 Å². The van der Waals surface area contributed by atoms with Crippen LogP contribution in [0.15, 0.2) is 12.3 Å². The molecule has 19 heavy (non-hydrogen) atoms. The Bertz CT molecular complexity index is 478. The number of nitrogens with zero attached hydrogens (tertiary/aromatic N) is 3. The van der Waals surface area contributed by atoms with Gasteiger partial charge in [0.2, 0.25) is 0 Å². The number of hydrogen-bond donors (Lipinski definition) is 1. The molecule has 106 valence electrons. The highest BCUT2D eigenvalue weighted by atomic mass is 16.2. The Labute approximate surface area is 115 Å². The summed E-state index contributed by atoms with van der Waals surface area (Å²) < 4.78 is 1.92. The van der Waals surface area contributed by atoms with Crippen LogP contribution in [0.1, 0.15) is 31.3 Å². The Balaban J connectivity index is 2.20. The number of amides is 1. The van der Waals surface area contributed by atoms with Crippen molar-refractivity contribution in [2.24, 2.45) is 0 Å². The second kappa shape index (κ2) is 4.89. The molecule has 1 aromatic heterocycles. The van der Waals surface area contributed by atoms with E-state index < -0.39 is 0 Å². The van der Waals surface area contributed by atoms with Crippen LogP contribution in [0.3, 0.4) is 0 Å². The number of carbonyl (C=O) groups is 1. The summed E-state index contributed by atoms with van der Waals surface area (Å²) in [5.74, 6) is 0.0831. The van der Waals surface area contributed by atoms with Crippen molar-refractivity contribution < 1.29 is 4.79 Å². The Hall–Kier alpha value is -1.49. The normalized spacial score (nSPS) is 19.7. The second-order valence-corrected chi connectivity index (χ2v) is 5.91. The van der Waals surface area contributed by atoms with Gasteiger partial charge in [-0.1, -0.05) is 0 Å². The zero-order chi connectivity index (χ0) is 14.2. The van der Waals surface area contributed by atoms with Gasteiger partial charge in [0.05, 0.1) is 5.69 Å². The highest BCUT2D eigenvalue weighted by molar-refractivity contribution is 5.94. The monoisotopic (exact) mass is 264 g/mol. The first-order chi connectivity index (χ1) is 8.85. The fourth-order valence-corrected chi connectivity index (χ4v) is 2.55. The lowest BCUT2D eigenvalue weighted by Crippen LogP contribution is -2.59. The Morgan fingerprint density at radius 1 is 1.42 bits per heavy atom. The lowest BCUT2D eigenvalue weighted by Gasteiger charge is -2.45. The van der Waals surface area contributed by atoms with Crippen molar-refractivity contribution in [2.45, 2.75) is 32.9 Å². The fraction of sp³-hybridized carbons (Fsp3) is 0.643. The number of anilines is 1. The predicted octanol–water partition coefficient (Wildman–Crippen LogP) is 1.26. The topological polar surface area (TPSA) is 54.5 Å². The average molecular weight is 264 g/mol. The van der Waals surface area contributed by atoms with Crippen LogP contribution < -0.4 is 5.73 Å². The summed E-state index contributed by atoms with van der Waals surface area (Å²) in [7, 11) is 2.11. The molecule has 0 atom stereocenters. The fourth-order valence-electron chi connectivity index (χ4n) is 2.55. The van der Waals surface area contributed by atoms with Crippen molar-refractivity contribution in [3.05, 3.63) is 18.0 Å². The molecule has 2 heterocycles. The number of aryl methyl sites for hydroxylation is 1. The number of aromatic nitrogens is 1. The maximum absolute atomic E-state index is 12.6. The molecule has 5 nitrogen and oxygen atoms in total. The third-order valence-electron chi connectivity index (χ3n) is 4.08. The minimum absolute atomic E-state index is 0.0170.